The number of pyridine rings is 1. The fourth-order valence-electron chi connectivity index (χ4n) is 9.40. The molecule has 2 aromatic carbocycles. The van der Waals surface area contributed by atoms with Crippen LogP contribution in [0.2, 0.25) is 5.02 Å². The van der Waals surface area contributed by atoms with Crippen molar-refractivity contribution in [1.82, 2.24) is 14.6 Å². The molecule has 1 saturated carbocycles. The number of morpholine rings is 1. The highest BCUT2D eigenvalue weighted by atomic mass is 35.5. The first kappa shape index (κ1) is 35.6. The smallest absolute Gasteiger partial charge is 0.264 e. The second kappa shape index (κ2) is 14.1. The van der Waals surface area contributed by atoms with Gasteiger partial charge in [-0.3, -0.25) is 14.7 Å². The Morgan fingerprint density at radius 3 is 2.79 bits per heavy atom. The molecule has 1 amide bonds. The van der Waals surface area contributed by atoms with Gasteiger partial charge in [0.1, 0.15) is 11.4 Å². The van der Waals surface area contributed by atoms with Crippen LogP contribution in [0.1, 0.15) is 73.0 Å². The number of carbonyl (C=O) groups is 1. The minimum absolute atomic E-state index is 0.223. The fraction of sp³-hybridized carbons (Fsp3) is 0.512. The van der Waals surface area contributed by atoms with Gasteiger partial charge < -0.3 is 14.4 Å². The summed E-state index contributed by atoms with van der Waals surface area (Å²) in [6, 6.07) is 15.7. The van der Waals surface area contributed by atoms with E-state index in [0.29, 0.717) is 43.4 Å². The largest absolute Gasteiger partial charge is 0.490 e. The number of halogens is 1. The lowest BCUT2D eigenvalue weighted by atomic mass is 9.63. The van der Waals surface area contributed by atoms with E-state index in [9.17, 15) is 13.2 Å². The number of nitrogens with zero attached hydrogens (tertiary/aromatic N) is 3. The molecule has 3 aromatic rings. The zero-order chi connectivity index (χ0) is 36.1. The van der Waals surface area contributed by atoms with Crippen LogP contribution in [-0.2, 0) is 33.1 Å². The van der Waals surface area contributed by atoms with Crippen LogP contribution in [-0.4, -0.2) is 74.5 Å². The molecule has 52 heavy (non-hydrogen) atoms. The number of hydrogen-bond acceptors (Lipinski definition) is 8. The predicted molar refractivity (Wildman–Crippen MR) is 203 cm³/mol. The molecule has 3 aliphatic heterocycles. The fourth-order valence-corrected chi connectivity index (χ4v) is 10.9. The summed E-state index contributed by atoms with van der Waals surface area (Å²) in [6.07, 6.45) is 13.8. The maximum atomic E-state index is 13.6. The maximum Gasteiger partial charge on any atom is 0.264 e. The van der Waals surface area contributed by atoms with Crippen molar-refractivity contribution in [2.45, 2.75) is 75.2 Å². The zero-order valence-electron chi connectivity index (χ0n) is 30.1. The topological polar surface area (TPSA) is 101 Å². The van der Waals surface area contributed by atoms with Gasteiger partial charge in [-0.2, -0.15) is 0 Å². The molecule has 1 N–H and O–H groups in total. The number of hydrogen-bond donors (Lipinski definition) is 1. The SMILES string of the molecule is C[C@@H]1[C@@H](C)C/C=C/[C@]2(CN(Cc3cccnc3)CCO2)[C@@H]2CC[C@H]2CN2C[C@@]3(CCCc4cc(Cl)ccc43)COc3ccc(cc32)C(=O)NS1(=O)=O. The second-order valence-corrected chi connectivity index (χ2v) is 18.4. The van der Waals surface area contributed by atoms with Crippen LogP contribution < -0.4 is 14.4 Å². The van der Waals surface area contributed by atoms with Gasteiger partial charge in [0.2, 0.25) is 10.0 Å². The molecule has 0 unspecified atom stereocenters. The molecule has 1 aromatic heterocycles. The molecule has 0 radical (unpaired) electrons. The molecule has 8 rings (SSSR count). The van der Waals surface area contributed by atoms with E-state index in [1.165, 1.54) is 16.7 Å². The van der Waals surface area contributed by atoms with E-state index >= 15 is 0 Å². The summed E-state index contributed by atoms with van der Waals surface area (Å²) < 4.78 is 43.2. The average molecular weight is 745 g/mol. The van der Waals surface area contributed by atoms with Gasteiger partial charge in [0.15, 0.2) is 0 Å². The molecule has 276 valence electrons. The molecule has 4 heterocycles. The molecule has 11 heteroatoms. The Balaban J connectivity index is 1.20. The number of nitrogens with one attached hydrogen (secondary N) is 1. The Hall–Kier alpha value is -3.44. The van der Waals surface area contributed by atoms with Crippen LogP contribution in [0, 0.1) is 17.8 Å². The van der Waals surface area contributed by atoms with Crippen LogP contribution in [0.25, 0.3) is 0 Å². The van der Waals surface area contributed by atoms with Crippen molar-refractivity contribution in [2.75, 3.05) is 44.3 Å². The van der Waals surface area contributed by atoms with E-state index in [2.05, 4.69) is 49.9 Å². The predicted octanol–water partition coefficient (Wildman–Crippen LogP) is 6.55. The summed E-state index contributed by atoms with van der Waals surface area (Å²) in [4.78, 5) is 22.9. The number of rotatable bonds is 2. The van der Waals surface area contributed by atoms with Gasteiger partial charge >= 0.3 is 0 Å². The van der Waals surface area contributed by atoms with Crippen LogP contribution >= 0.6 is 11.6 Å². The molecule has 2 bridgehead atoms. The second-order valence-electron chi connectivity index (χ2n) is 15.9. The van der Waals surface area contributed by atoms with Gasteiger partial charge in [0, 0.05) is 61.1 Å². The minimum Gasteiger partial charge on any atom is -0.490 e. The maximum absolute atomic E-state index is 13.6. The summed E-state index contributed by atoms with van der Waals surface area (Å²) in [5, 5.41) is -0.0372. The number of ether oxygens (including phenoxy) is 2. The molecular weight excluding hydrogens is 696 g/mol. The molecule has 2 spiro atoms. The Bertz CT molecular complexity index is 1960. The lowest BCUT2D eigenvalue weighted by molar-refractivity contribution is -0.146. The van der Waals surface area contributed by atoms with Gasteiger partial charge in [0.25, 0.3) is 5.91 Å². The van der Waals surface area contributed by atoms with E-state index in [1.54, 1.807) is 13.0 Å². The van der Waals surface area contributed by atoms with Crippen LogP contribution in [0.15, 0.2) is 73.1 Å². The average Bonchev–Trinajstić information content (AvgIpc) is 3.26. The summed E-state index contributed by atoms with van der Waals surface area (Å²) in [7, 11) is -3.96. The molecule has 5 aliphatic rings. The molecule has 9 nitrogen and oxygen atoms in total. The first-order chi connectivity index (χ1) is 25.0. The summed E-state index contributed by atoms with van der Waals surface area (Å²) in [5.41, 5.74) is 4.07. The first-order valence-electron chi connectivity index (χ1n) is 18.8. The Morgan fingerprint density at radius 1 is 1.10 bits per heavy atom. The van der Waals surface area contributed by atoms with Gasteiger partial charge in [-0.05, 0) is 116 Å². The van der Waals surface area contributed by atoms with Crippen LogP contribution in [0.4, 0.5) is 5.69 Å². The zero-order valence-corrected chi connectivity index (χ0v) is 31.7. The number of aromatic nitrogens is 1. The Morgan fingerprint density at radius 2 is 1.98 bits per heavy atom. The third-order valence-corrected chi connectivity index (χ3v) is 14.8. The highest BCUT2D eigenvalue weighted by molar-refractivity contribution is 7.90. The van der Waals surface area contributed by atoms with Crippen molar-refractivity contribution in [1.29, 1.82) is 0 Å². The van der Waals surface area contributed by atoms with Crippen LogP contribution in [0.5, 0.6) is 5.75 Å². The number of aryl methyl sites for hydroxylation is 1. The van der Waals surface area contributed by atoms with Crippen molar-refractivity contribution in [3.8, 4) is 5.75 Å². The summed E-state index contributed by atoms with van der Waals surface area (Å²) in [5.74, 6) is 0.464. The van der Waals surface area contributed by atoms with Crippen molar-refractivity contribution in [2.24, 2.45) is 17.8 Å². The molecule has 1 saturated heterocycles. The van der Waals surface area contributed by atoms with E-state index in [4.69, 9.17) is 21.1 Å². The molecule has 6 atom stereocenters. The third-order valence-electron chi connectivity index (χ3n) is 12.6. The Labute approximate surface area is 312 Å². The molecule has 2 fully saturated rings. The molecule has 2 aliphatic carbocycles. The normalized spacial score (nSPS) is 32.4. The number of anilines is 1. The van der Waals surface area contributed by atoms with E-state index in [-0.39, 0.29) is 17.3 Å². The number of allylic oxidation sites excluding steroid dienone is 1. The highest BCUT2D eigenvalue weighted by Gasteiger charge is 2.51. The third kappa shape index (κ3) is 6.76. The van der Waals surface area contributed by atoms with E-state index < -0.39 is 26.8 Å². The van der Waals surface area contributed by atoms with E-state index in [1.807, 2.05) is 43.6 Å². The van der Waals surface area contributed by atoms with Crippen molar-refractivity contribution >= 4 is 33.2 Å². The van der Waals surface area contributed by atoms with Crippen LogP contribution in [0.3, 0.4) is 0 Å². The van der Waals surface area contributed by atoms with Gasteiger partial charge in [-0.15, -0.1) is 0 Å². The van der Waals surface area contributed by atoms with E-state index in [0.717, 1.165) is 69.0 Å². The summed E-state index contributed by atoms with van der Waals surface area (Å²) >= 11 is 6.50. The minimum atomic E-state index is -3.96. The lowest BCUT2D eigenvalue weighted by Gasteiger charge is -2.54. The Kier molecular flexibility index (Phi) is 9.64. The number of fused-ring (bicyclic) bond motifs is 5. The lowest BCUT2D eigenvalue weighted by Crippen LogP contribution is -2.60. The number of carbonyl (C=O) groups excluding carboxylic acids is 1. The molecular formula is C41H49ClN4O5S. The van der Waals surface area contributed by atoms with Gasteiger partial charge in [-0.25, -0.2) is 13.1 Å². The first-order valence-corrected chi connectivity index (χ1v) is 20.8. The standard InChI is InChI=1S/C41H49ClN4O5S/c1-28-6-3-16-41(26-45(18-19-51-41)23-30-7-5-17-43-22-30)36-12-9-33(36)24-46-25-40(15-4-8-31-20-34(42)11-13-35(31)40)27-50-38-14-10-32(21-37(38)46)39(47)44-52(48,49)29(28)2/h3,5,7,10-11,13-14,16-17,20-22,28-29,33,36H,4,6,8-9,12,15,18-19,23-27H2,1-2H3,(H,44,47)/b16-3+/t28-,29+,33-,36+,40-,41-/m0/s1. The monoisotopic (exact) mass is 744 g/mol. The van der Waals surface area contributed by atoms with Crippen molar-refractivity contribution < 1.29 is 22.7 Å². The van der Waals surface area contributed by atoms with Crippen molar-refractivity contribution in [3.05, 3.63) is 100 Å². The van der Waals surface area contributed by atoms with Gasteiger partial charge in [-0.1, -0.05) is 42.8 Å². The highest BCUT2D eigenvalue weighted by Crippen LogP contribution is 2.50. The number of amides is 1. The number of sulfonamides is 1. The van der Waals surface area contributed by atoms with Gasteiger partial charge in [0.05, 0.1) is 24.2 Å². The number of benzene rings is 2. The quantitative estimate of drug-likeness (QED) is 0.295. The van der Waals surface area contributed by atoms with Crippen molar-refractivity contribution in [3.63, 3.8) is 0 Å². The summed E-state index contributed by atoms with van der Waals surface area (Å²) in [6.45, 7) is 8.60.